The Labute approximate surface area is 108 Å². The summed E-state index contributed by atoms with van der Waals surface area (Å²) in [5.41, 5.74) is -0.490. The van der Waals surface area contributed by atoms with E-state index in [1.165, 1.54) is 0 Å². The van der Waals surface area contributed by atoms with E-state index in [-0.39, 0.29) is 0 Å². The van der Waals surface area contributed by atoms with Crippen molar-refractivity contribution < 1.29 is 8.42 Å². The molecule has 0 aliphatic rings. The number of nitrogens with one attached hydrogen (secondary N) is 1. The number of hydrogen-bond donors (Lipinski definition) is 1. The highest BCUT2D eigenvalue weighted by molar-refractivity contribution is 7.89. The summed E-state index contributed by atoms with van der Waals surface area (Å²) in [6.45, 7) is 5.49. The second-order valence-electron chi connectivity index (χ2n) is 5.33. The molecule has 3 nitrogen and oxygen atoms in total. The van der Waals surface area contributed by atoms with Gasteiger partial charge in [0.2, 0.25) is 10.0 Å². The van der Waals surface area contributed by atoms with Crippen molar-refractivity contribution in [3.05, 3.63) is 42.5 Å². The van der Waals surface area contributed by atoms with Crippen molar-refractivity contribution in [3.8, 4) is 0 Å². The van der Waals surface area contributed by atoms with E-state index >= 15 is 0 Å². The molecule has 2 aromatic rings. The lowest BCUT2D eigenvalue weighted by atomic mass is 10.1. The van der Waals surface area contributed by atoms with Gasteiger partial charge < -0.3 is 0 Å². The van der Waals surface area contributed by atoms with Crippen LogP contribution in [0.2, 0.25) is 0 Å². The number of benzene rings is 2. The summed E-state index contributed by atoms with van der Waals surface area (Å²) in [6.07, 6.45) is 0. The lowest BCUT2D eigenvalue weighted by Gasteiger charge is -2.21. The Hall–Kier alpha value is -1.39. The first kappa shape index (κ1) is 13.1. The molecule has 0 saturated carbocycles. The summed E-state index contributed by atoms with van der Waals surface area (Å²) in [5, 5.41) is 1.67. The summed E-state index contributed by atoms with van der Waals surface area (Å²) < 4.78 is 27.4. The van der Waals surface area contributed by atoms with E-state index in [0.717, 1.165) is 10.8 Å². The van der Waals surface area contributed by atoms with Crippen LogP contribution >= 0.6 is 0 Å². The SMILES string of the molecule is CC(C)(C)NS(=O)(=O)c1cccc2ccccc12. The highest BCUT2D eigenvalue weighted by Gasteiger charge is 2.23. The van der Waals surface area contributed by atoms with Gasteiger partial charge >= 0.3 is 0 Å². The minimum absolute atomic E-state index is 0.329. The Morgan fingerprint density at radius 2 is 1.56 bits per heavy atom. The molecule has 0 amide bonds. The molecule has 0 atom stereocenters. The van der Waals surface area contributed by atoms with Gasteiger partial charge in [-0.2, -0.15) is 0 Å². The smallest absolute Gasteiger partial charge is 0.207 e. The van der Waals surface area contributed by atoms with Gasteiger partial charge in [0.1, 0.15) is 0 Å². The molecule has 1 N–H and O–H groups in total. The molecule has 18 heavy (non-hydrogen) atoms. The lowest BCUT2D eigenvalue weighted by molar-refractivity contribution is 0.492. The molecule has 2 rings (SSSR count). The highest BCUT2D eigenvalue weighted by Crippen LogP contribution is 2.23. The molecule has 0 heterocycles. The topological polar surface area (TPSA) is 46.2 Å². The fourth-order valence-electron chi connectivity index (χ4n) is 1.89. The molecular formula is C14H17NO2S. The maximum Gasteiger partial charge on any atom is 0.241 e. The molecule has 4 heteroatoms. The van der Waals surface area contributed by atoms with Gasteiger partial charge in [0.05, 0.1) is 4.90 Å². The summed E-state index contributed by atoms with van der Waals surface area (Å²) >= 11 is 0. The van der Waals surface area contributed by atoms with E-state index < -0.39 is 15.6 Å². The molecule has 0 bridgehead atoms. The van der Waals surface area contributed by atoms with Gasteiger partial charge in [-0.15, -0.1) is 0 Å². The molecule has 0 saturated heterocycles. The van der Waals surface area contributed by atoms with Gasteiger partial charge in [-0.25, -0.2) is 13.1 Å². The third-order valence-electron chi connectivity index (χ3n) is 2.48. The zero-order valence-electron chi connectivity index (χ0n) is 10.8. The summed E-state index contributed by atoms with van der Waals surface area (Å²) in [7, 11) is -3.49. The van der Waals surface area contributed by atoms with E-state index in [0.29, 0.717) is 4.90 Å². The van der Waals surface area contributed by atoms with Gasteiger partial charge in [-0.1, -0.05) is 36.4 Å². The van der Waals surface area contributed by atoms with Gasteiger partial charge in [-0.05, 0) is 32.2 Å². The Kier molecular flexibility index (Phi) is 3.17. The Morgan fingerprint density at radius 3 is 2.22 bits per heavy atom. The van der Waals surface area contributed by atoms with Gasteiger partial charge in [-0.3, -0.25) is 0 Å². The maximum atomic E-state index is 12.4. The van der Waals surface area contributed by atoms with Crippen LogP contribution in [0.1, 0.15) is 20.8 Å². The first-order valence-corrected chi connectivity index (χ1v) is 7.30. The predicted octanol–water partition coefficient (Wildman–Crippen LogP) is 2.92. The second-order valence-corrected chi connectivity index (χ2v) is 6.98. The van der Waals surface area contributed by atoms with Crippen LogP contribution in [0.15, 0.2) is 47.4 Å². The van der Waals surface area contributed by atoms with E-state index in [1.54, 1.807) is 12.1 Å². The Morgan fingerprint density at radius 1 is 0.944 bits per heavy atom. The van der Waals surface area contributed by atoms with Crippen LogP contribution in [0.4, 0.5) is 0 Å². The number of sulfonamides is 1. The van der Waals surface area contributed by atoms with Crippen molar-refractivity contribution in [1.29, 1.82) is 0 Å². The molecule has 0 unspecified atom stereocenters. The maximum absolute atomic E-state index is 12.4. The zero-order valence-corrected chi connectivity index (χ0v) is 11.6. The van der Waals surface area contributed by atoms with Gasteiger partial charge in [0, 0.05) is 10.9 Å². The van der Waals surface area contributed by atoms with E-state index in [1.807, 2.05) is 51.1 Å². The van der Waals surface area contributed by atoms with Crippen LogP contribution in [-0.2, 0) is 10.0 Å². The number of rotatable bonds is 2. The number of hydrogen-bond acceptors (Lipinski definition) is 2. The summed E-state index contributed by atoms with van der Waals surface area (Å²) in [5.74, 6) is 0. The van der Waals surface area contributed by atoms with Crippen LogP contribution in [-0.4, -0.2) is 14.0 Å². The second kappa shape index (κ2) is 4.37. The van der Waals surface area contributed by atoms with E-state index in [4.69, 9.17) is 0 Å². The molecule has 2 aromatic carbocycles. The molecule has 0 aromatic heterocycles. The van der Waals surface area contributed by atoms with Crippen molar-refractivity contribution in [1.82, 2.24) is 4.72 Å². The zero-order chi connectivity index (χ0) is 13.4. The standard InChI is InChI=1S/C14H17NO2S/c1-14(2,3)15-18(16,17)13-10-6-8-11-7-4-5-9-12(11)13/h4-10,15H,1-3H3. The van der Waals surface area contributed by atoms with Crippen molar-refractivity contribution in [2.75, 3.05) is 0 Å². The van der Waals surface area contributed by atoms with E-state index in [2.05, 4.69) is 4.72 Å². The van der Waals surface area contributed by atoms with Crippen molar-refractivity contribution in [2.24, 2.45) is 0 Å². The van der Waals surface area contributed by atoms with Crippen LogP contribution < -0.4 is 4.72 Å². The van der Waals surface area contributed by atoms with Gasteiger partial charge in [0.15, 0.2) is 0 Å². The number of fused-ring (bicyclic) bond motifs is 1. The van der Waals surface area contributed by atoms with Crippen LogP contribution in [0.25, 0.3) is 10.8 Å². The third kappa shape index (κ3) is 2.71. The molecule has 96 valence electrons. The van der Waals surface area contributed by atoms with Crippen molar-refractivity contribution >= 4 is 20.8 Å². The quantitative estimate of drug-likeness (QED) is 0.905. The molecule has 0 radical (unpaired) electrons. The normalized spacial score (nSPS) is 12.8. The fourth-order valence-corrected chi connectivity index (χ4v) is 3.54. The fraction of sp³-hybridized carbons (Fsp3) is 0.286. The highest BCUT2D eigenvalue weighted by atomic mass is 32.2. The summed E-state index contributed by atoms with van der Waals surface area (Å²) in [4.78, 5) is 0.329. The monoisotopic (exact) mass is 263 g/mol. The molecule has 0 aliphatic heterocycles. The minimum atomic E-state index is -3.49. The van der Waals surface area contributed by atoms with Crippen molar-refractivity contribution in [2.45, 2.75) is 31.2 Å². The third-order valence-corrected chi connectivity index (χ3v) is 4.30. The predicted molar refractivity (Wildman–Crippen MR) is 74.0 cm³/mol. The summed E-state index contributed by atoms with van der Waals surface area (Å²) in [6, 6.07) is 12.8. The van der Waals surface area contributed by atoms with Gasteiger partial charge in [0.25, 0.3) is 0 Å². The minimum Gasteiger partial charge on any atom is -0.207 e. The molecule has 0 spiro atoms. The van der Waals surface area contributed by atoms with Crippen LogP contribution in [0.5, 0.6) is 0 Å². The largest absolute Gasteiger partial charge is 0.241 e. The molecule has 0 fully saturated rings. The molecule has 0 aliphatic carbocycles. The Bertz CT molecular complexity index is 664. The van der Waals surface area contributed by atoms with Crippen LogP contribution in [0.3, 0.4) is 0 Å². The molecular weight excluding hydrogens is 246 g/mol. The lowest BCUT2D eigenvalue weighted by Crippen LogP contribution is -2.40. The average molecular weight is 263 g/mol. The first-order chi connectivity index (χ1) is 8.30. The van der Waals surface area contributed by atoms with E-state index in [9.17, 15) is 8.42 Å². The van der Waals surface area contributed by atoms with Crippen LogP contribution in [0, 0.1) is 0 Å². The van der Waals surface area contributed by atoms with Crippen molar-refractivity contribution in [3.63, 3.8) is 0 Å². The first-order valence-electron chi connectivity index (χ1n) is 5.81. The average Bonchev–Trinajstić information content (AvgIpc) is 2.25. The Balaban J connectivity index is 2.61.